The van der Waals surface area contributed by atoms with Crippen molar-refractivity contribution in [2.24, 2.45) is 0 Å². The standard InChI is InChI=1S/C15H13NO4S/c1-9-3-4-11(7-10(9)2)21-12-5-6-14(16(19)20)13(8-12)15(17)18/h3-8H,1-2H3,(H,17,18). The molecule has 0 radical (unpaired) electrons. The first-order chi connectivity index (χ1) is 9.88. The van der Waals surface area contributed by atoms with E-state index in [1.54, 1.807) is 6.07 Å². The molecule has 6 heteroatoms. The average Bonchev–Trinajstić information content (AvgIpc) is 2.42. The van der Waals surface area contributed by atoms with Crippen LogP contribution in [0.3, 0.4) is 0 Å². The van der Waals surface area contributed by atoms with Crippen LogP contribution in [0.2, 0.25) is 0 Å². The van der Waals surface area contributed by atoms with Crippen LogP contribution in [0.5, 0.6) is 0 Å². The Hall–Kier alpha value is -2.34. The number of hydrogen-bond acceptors (Lipinski definition) is 4. The summed E-state index contributed by atoms with van der Waals surface area (Å²) < 4.78 is 0. The molecular formula is C15H13NO4S. The topological polar surface area (TPSA) is 80.4 Å². The van der Waals surface area contributed by atoms with Crippen molar-refractivity contribution in [2.75, 3.05) is 0 Å². The Morgan fingerprint density at radius 3 is 2.29 bits per heavy atom. The summed E-state index contributed by atoms with van der Waals surface area (Å²) in [6.07, 6.45) is 0. The minimum Gasteiger partial charge on any atom is -0.477 e. The predicted molar refractivity (Wildman–Crippen MR) is 80.1 cm³/mol. The van der Waals surface area contributed by atoms with E-state index in [1.807, 2.05) is 32.0 Å². The van der Waals surface area contributed by atoms with Crippen LogP contribution in [0.25, 0.3) is 0 Å². The molecule has 0 aliphatic carbocycles. The molecule has 0 aliphatic heterocycles. The van der Waals surface area contributed by atoms with Crippen molar-refractivity contribution < 1.29 is 14.8 Å². The van der Waals surface area contributed by atoms with Gasteiger partial charge < -0.3 is 5.11 Å². The number of benzene rings is 2. The molecule has 0 fully saturated rings. The highest BCUT2D eigenvalue weighted by atomic mass is 32.2. The van der Waals surface area contributed by atoms with E-state index in [4.69, 9.17) is 5.11 Å². The van der Waals surface area contributed by atoms with E-state index in [1.165, 1.54) is 29.5 Å². The molecule has 2 rings (SSSR count). The third kappa shape index (κ3) is 3.41. The van der Waals surface area contributed by atoms with Gasteiger partial charge >= 0.3 is 5.97 Å². The van der Waals surface area contributed by atoms with E-state index in [2.05, 4.69) is 0 Å². The first-order valence-electron chi connectivity index (χ1n) is 6.15. The zero-order chi connectivity index (χ0) is 15.6. The van der Waals surface area contributed by atoms with Crippen molar-refractivity contribution >= 4 is 23.4 Å². The molecular weight excluding hydrogens is 290 g/mol. The maximum Gasteiger partial charge on any atom is 0.342 e. The van der Waals surface area contributed by atoms with Gasteiger partial charge in [-0.2, -0.15) is 0 Å². The van der Waals surface area contributed by atoms with Gasteiger partial charge in [0.25, 0.3) is 5.69 Å². The van der Waals surface area contributed by atoms with Crippen LogP contribution >= 0.6 is 11.8 Å². The minimum atomic E-state index is -1.30. The van der Waals surface area contributed by atoms with Gasteiger partial charge in [-0.25, -0.2) is 4.79 Å². The fourth-order valence-corrected chi connectivity index (χ4v) is 2.78. The summed E-state index contributed by atoms with van der Waals surface area (Å²) in [5.74, 6) is -1.30. The van der Waals surface area contributed by atoms with E-state index < -0.39 is 16.6 Å². The van der Waals surface area contributed by atoms with Crippen LogP contribution in [0.15, 0.2) is 46.2 Å². The summed E-state index contributed by atoms with van der Waals surface area (Å²) >= 11 is 1.38. The number of aromatic carboxylic acids is 1. The molecule has 0 unspecified atom stereocenters. The van der Waals surface area contributed by atoms with E-state index in [9.17, 15) is 14.9 Å². The third-order valence-electron chi connectivity index (χ3n) is 3.11. The Kier molecular flexibility index (Phi) is 4.28. The van der Waals surface area contributed by atoms with Crippen molar-refractivity contribution in [2.45, 2.75) is 23.6 Å². The van der Waals surface area contributed by atoms with E-state index in [0.29, 0.717) is 4.90 Å². The molecule has 0 aliphatic rings. The highest BCUT2D eigenvalue weighted by Crippen LogP contribution is 2.32. The summed E-state index contributed by atoms with van der Waals surface area (Å²) in [5, 5.41) is 19.9. The molecule has 108 valence electrons. The van der Waals surface area contributed by atoms with Gasteiger partial charge in [-0.3, -0.25) is 10.1 Å². The van der Waals surface area contributed by atoms with Gasteiger partial charge in [0.05, 0.1) is 4.92 Å². The summed E-state index contributed by atoms with van der Waals surface area (Å²) in [4.78, 5) is 22.9. The fraction of sp³-hybridized carbons (Fsp3) is 0.133. The monoisotopic (exact) mass is 303 g/mol. The number of carboxylic acid groups (broad SMARTS) is 1. The highest BCUT2D eigenvalue weighted by molar-refractivity contribution is 7.99. The number of nitro benzene ring substituents is 1. The Bertz CT molecular complexity index is 728. The number of carboxylic acids is 1. The maximum atomic E-state index is 11.1. The number of hydrogen-bond donors (Lipinski definition) is 1. The highest BCUT2D eigenvalue weighted by Gasteiger charge is 2.20. The zero-order valence-electron chi connectivity index (χ0n) is 11.5. The van der Waals surface area contributed by atoms with Crippen molar-refractivity contribution in [1.29, 1.82) is 0 Å². The van der Waals surface area contributed by atoms with Crippen LogP contribution in [0.1, 0.15) is 21.5 Å². The van der Waals surface area contributed by atoms with Crippen LogP contribution in [0.4, 0.5) is 5.69 Å². The molecule has 0 amide bonds. The molecule has 0 aromatic heterocycles. The van der Waals surface area contributed by atoms with Crippen LogP contribution in [-0.4, -0.2) is 16.0 Å². The average molecular weight is 303 g/mol. The number of carbonyl (C=O) groups is 1. The van der Waals surface area contributed by atoms with Crippen molar-refractivity contribution in [3.8, 4) is 0 Å². The third-order valence-corrected chi connectivity index (χ3v) is 4.09. The summed E-state index contributed by atoms with van der Waals surface area (Å²) in [6, 6.07) is 10.1. The SMILES string of the molecule is Cc1ccc(Sc2ccc([N+](=O)[O-])c(C(=O)O)c2)cc1C. The van der Waals surface area contributed by atoms with E-state index in [0.717, 1.165) is 10.5 Å². The lowest BCUT2D eigenvalue weighted by Gasteiger charge is -2.06. The van der Waals surface area contributed by atoms with Gasteiger partial charge in [-0.05, 0) is 49.2 Å². The second kappa shape index (κ2) is 5.97. The molecule has 0 heterocycles. The lowest BCUT2D eigenvalue weighted by Crippen LogP contribution is -2.02. The smallest absolute Gasteiger partial charge is 0.342 e. The van der Waals surface area contributed by atoms with Crippen molar-refractivity contribution in [3.05, 3.63) is 63.2 Å². The van der Waals surface area contributed by atoms with Gasteiger partial charge in [-0.1, -0.05) is 17.8 Å². The molecule has 2 aromatic rings. The molecule has 0 atom stereocenters. The second-order valence-corrected chi connectivity index (χ2v) is 5.74. The first kappa shape index (κ1) is 15.1. The van der Waals surface area contributed by atoms with Gasteiger partial charge in [-0.15, -0.1) is 0 Å². The fourth-order valence-electron chi connectivity index (χ4n) is 1.82. The normalized spacial score (nSPS) is 10.4. The van der Waals surface area contributed by atoms with Gasteiger partial charge in [0.1, 0.15) is 5.56 Å². The van der Waals surface area contributed by atoms with Crippen LogP contribution in [-0.2, 0) is 0 Å². The number of rotatable bonds is 4. The molecule has 0 saturated heterocycles. The van der Waals surface area contributed by atoms with Gasteiger partial charge in [0, 0.05) is 15.9 Å². The molecule has 0 bridgehead atoms. The molecule has 1 N–H and O–H groups in total. The molecule has 5 nitrogen and oxygen atoms in total. The lowest BCUT2D eigenvalue weighted by molar-refractivity contribution is -0.385. The second-order valence-electron chi connectivity index (χ2n) is 4.59. The molecule has 21 heavy (non-hydrogen) atoms. The Balaban J connectivity index is 2.36. The molecule has 0 spiro atoms. The van der Waals surface area contributed by atoms with Crippen molar-refractivity contribution in [1.82, 2.24) is 0 Å². The molecule has 2 aromatic carbocycles. The summed E-state index contributed by atoms with van der Waals surface area (Å²) in [6.45, 7) is 4.01. The maximum absolute atomic E-state index is 11.1. The van der Waals surface area contributed by atoms with Crippen LogP contribution in [0, 0.1) is 24.0 Å². The number of nitro groups is 1. The number of aryl methyl sites for hydroxylation is 2. The molecule has 0 saturated carbocycles. The van der Waals surface area contributed by atoms with E-state index >= 15 is 0 Å². The van der Waals surface area contributed by atoms with Gasteiger partial charge in [0.15, 0.2) is 0 Å². The van der Waals surface area contributed by atoms with E-state index in [-0.39, 0.29) is 5.56 Å². The van der Waals surface area contributed by atoms with Crippen LogP contribution < -0.4 is 0 Å². The summed E-state index contributed by atoms with van der Waals surface area (Å²) in [5.41, 5.74) is 1.62. The minimum absolute atomic E-state index is 0.297. The Morgan fingerprint density at radius 2 is 1.71 bits per heavy atom. The predicted octanol–water partition coefficient (Wildman–Crippen LogP) is 4.06. The Morgan fingerprint density at radius 1 is 1.10 bits per heavy atom. The largest absolute Gasteiger partial charge is 0.477 e. The van der Waals surface area contributed by atoms with Crippen molar-refractivity contribution in [3.63, 3.8) is 0 Å². The van der Waals surface area contributed by atoms with Gasteiger partial charge in [0.2, 0.25) is 0 Å². The number of nitrogens with zero attached hydrogens (tertiary/aromatic N) is 1. The summed E-state index contributed by atoms with van der Waals surface area (Å²) in [7, 11) is 0. The lowest BCUT2D eigenvalue weighted by atomic mass is 10.1. The Labute approximate surface area is 125 Å². The first-order valence-corrected chi connectivity index (χ1v) is 6.97. The quantitative estimate of drug-likeness (QED) is 0.680. The zero-order valence-corrected chi connectivity index (χ0v) is 12.3.